The van der Waals surface area contributed by atoms with E-state index in [0.717, 1.165) is 44.5 Å². The number of benzene rings is 1. The third-order valence-corrected chi connectivity index (χ3v) is 8.39. The Morgan fingerprint density at radius 1 is 1.21 bits per heavy atom. The number of hydrogen-bond donors (Lipinski definition) is 0. The number of methoxy groups -OCH3 is 1. The maximum Gasteiger partial charge on any atom is 0.310 e. The molecule has 3 aliphatic heterocycles. The lowest BCUT2D eigenvalue weighted by atomic mass is 9.49. The average molecular weight is 383 g/mol. The molecular weight excluding hydrogens is 352 g/mol. The van der Waals surface area contributed by atoms with E-state index in [9.17, 15) is 9.59 Å². The zero-order valence-electron chi connectivity index (χ0n) is 17.1. The van der Waals surface area contributed by atoms with Crippen LogP contribution in [0.4, 0.5) is 5.69 Å². The Kier molecular flexibility index (Phi) is 3.93. The normalized spacial score (nSPS) is 38.5. The molecule has 1 saturated carbocycles. The van der Waals surface area contributed by atoms with Crippen molar-refractivity contribution in [1.82, 2.24) is 4.90 Å². The molecule has 5 heteroatoms. The fraction of sp³-hybridized carbons (Fsp3) is 0.652. The van der Waals surface area contributed by atoms with Gasteiger partial charge in [0, 0.05) is 24.1 Å². The molecule has 1 aromatic carbocycles. The van der Waals surface area contributed by atoms with Gasteiger partial charge < -0.3 is 9.64 Å². The van der Waals surface area contributed by atoms with Crippen molar-refractivity contribution in [2.24, 2.45) is 11.3 Å². The first-order chi connectivity index (χ1) is 13.5. The molecule has 3 heterocycles. The number of anilines is 1. The monoisotopic (exact) mass is 382 g/mol. The molecule has 2 saturated heterocycles. The van der Waals surface area contributed by atoms with Crippen LogP contribution in [-0.4, -0.2) is 49.1 Å². The molecule has 3 fully saturated rings. The van der Waals surface area contributed by atoms with Gasteiger partial charge in [-0.1, -0.05) is 25.1 Å². The summed E-state index contributed by atoms with van der Waals surface area (Å²) in [5.74, 6) is -0.393. The summed E-state index contributed by atoms with van der Waals surface area (Å²) in [6.07, 6.45) is 5.25. The zero-order valence-corrected chi connectivity index (χ0v) is 17.1. The van der Waals surface area contributed by atoms with E-state index >= 15 is 0 Å². The Labute approximate surface area is 167 Å². The van der Waals surface area contributed by atoms with Gasteiger partial charge in [-0.2, -0.15) is 0 Å². The number of nitrogens with zero attached hydrogens (tertiary/aromatic N) is 2. The number of carbonyl (C=O) groups is 2. The van der Waals surface area contributed by atoms with Crippen LogP contribution < -0.4 is 4.90 Å². The highest BCUT2D eigenvalue weighted by Crippen LogP contribution is 2.66. The van der Waals surface area contributed by atoms with Crippen molar-refractivity contribution in [3.63, 3.8) is 0 Å². The molecule has 0 aromatic heterocycles. The molecule has 1 unspecified atom stereocenters. The van der Waals surface area contributed by atoms with Gasteiger partial charge in [0.1, 0.15) is 0 Å². The number of fused-ring (bicyclic) bond motifs is 1. The Morgan fingerprint density at radius 2 is 2.00 bits per heavy atom. The second-order valence-corrected chi connectivity index (χ2v) is 9.23. The van der Waals surface area contributed by atoms with E-state index in [2.05, 4.69) is 30.0 Å². The topological polar surface area (TPSA) is 49.9 Å². The van der Waals surface area contributed by atoms with Crippen LogP contribution in [0.15, 0.2) is 24.3 Å². The standard InChI is InChI=1S/C23H30N2O3/c1-4-22-10-7-12-24-13-11-23(21(22)24)17-8-5-6-9-18(17)25(15(2)26)19(23)16(14-22)20(27)28-3/h5-6,8-9,16,19,21H,4,7,10-14H2,1-3H3/t16?,19-,21-,22+,23-/m0/s1. The summed E-state index contributed by atoms with van der Waals surface area (Å²) >= 11 is 0. The number of carbonyl (C=O) groups excluding carboxylic acids is 2. The number of hydrogen-bond acceptors (Lipinski definition) is 4. The van der Waals surface area contributed by atoms with Crippen LogP contribution in [0.1, 0.15) is 51.5 Å². The maximum atomic E-state index is 13.1. The van der Waals surface area contributed by atoms with Gasteiger partial charge in [0.15, 0.2) is 0 Å². The minimum Gasteiger partial charge on any atom is -0.469 e. The van der Waals surface area contributed by atoms with E-state index in [4.69, 9.17) is 4.74 Å². The fourth-order valence-electron chi connectivity index (χ4n) is 7.62. The first-order valence-electron chi connectivity index (χ1n) is 10.7. The van der Waals surface area contributed by atoms with Crippen molar-refractivity contribution in [3.05, 3.63) is 29.8 Å². The largest absolute Gasteiger partial charge is 0.469 e. The van der Waals surface area contributed by atoms with Gasteiger partial charge in [-0.05, 0) is 62.2 Å². The zero-order chi connectivity index (χ0) is 19.7. The van der Waals surface area contributed by atoms with Gasteiger partial charge in [-0.3, -0.25) is 14.5 Å². The van der Waals surface area contributed by atoms with E-state index in [1.165, 1.54) is 19.1 Å². The average Bonchev–Trinajstić information content (AvgIpc) is 3.25. The highest BCUT2D eigenvalue weighted by atomic mass is 16.5. The van der Waals surface area contributed by atoms with Crippen LogP contribution in [0.2, 0.25) is 0 Å². The van der Waals surface area contributed by atoms with Crippen LogP contribution in [0, 0.1) is 11.3 Å². The SMILES string of the molecule is CC[C@@]12CCCN3CC[C@@]4(c5ccccc5N(C(C)=O)[C@H]4C(C(=O)OC)C1)[C@@H]32. The highest BCUT2D eigenvalue weighted by Gasteiger charge is 2.71. The summed E-state index contributed by atoms with van der Waals surface area (Å²) < 4.78 is 5.31. The van der Waals surface area contributed by atoms with Crippen LogP contribution in [0.5, 0.6) is 0 Å². The van der Waals surface area contributed by atoms with Gasteiger partial charge in [-0.25, -0.2) is 0 Å². The lowest BCUT2D eigenvalue weighted by Crippen LogP contribution is -2.69. The Morgan fingerprint density at radius 3 is 2.71 bits per heavy atom. The molecule has 0 N–H and O–H groups in total. The van der Waals surface area contributed by atoms with Crippen molar-refractivity contribution < 1.29 is 14.3 Å². The van der Waals surface area contributed by atoms with E-state index < -0.39 is 0 Å². The molecule has 28 heavy (non-hydrogen) atoms. The molecule has 150 valence electrons. The van der Waals surface area contributed by atoms with Crippen molar-refractivity contribution in [2.75, 3.05) is 25.1 Å². The van der Waals surface area contributed by atoms with E-state index in [1.807, 2.05) is 11.0 Å². The summed E-state index contributed by atoms with van der Waals surface area (Å²) in [6.45, 7) is 6.11. The Bertz CT molecular complexity index is 839. The molecule has 1 aromatic rings. The Hall–Kier alpha value is -1.88. The number of para-hydroxylation sites is 1. The predicted octanol–water partition coefficient (Wildman–Crippen LogP) is 3.12. The summed E-state index contributed by atoms with van der Waals surface area (Å²) in [4.78, 5) is 30.5. The summed E-state index contributed by atoms with van der Waals surface area (Å²) in [5.41, 5.74) is 2.23. The molecule has 5 rings (SSSR count). The second kappa shape index (κ2) is 6.06. The minimum absolute atomic E-state index is 0.0292. The highest BCUT2D eigenvalue weighted by molar-refractivity contribution is 5.97. The van der Waals surface area contributed by atoms with Gasteiger partial charge in [0.05, 0.1) is 19.1 Å². The fourth-order valence-corrected chi connectivity index (χ4v) is 7.62. The van der Waals surface area contributed by atoms with Crippen molar-refractivity contribution >= 4 is 17.6 Å². The van der Waals surface area contributed by atoms with Crippen LogP contribution in [-0.2, 0) is 19.7 Å². The van der Waals surface area contributed by atoms with E-state index in [-0.39, 0.29) is 34.7 Å². The minimum atomic E-state index is -0.268. The Balaban J connectivity index is 1.79. The summed E-state index contributed by atoms with van der Waals surface area (Å²) in [6, 6.07) is 8.64. The lowest BCUT2D eigenvalue weighted by Gasteiger charge is -2.60. The summed E-state index contributed by atoms with van der Waals surface area (Å²) in [7, 11) is 1.49. The van der Waals surface area contributed by atoms with E-state index in [1.54, 1.807) is 6.92 Å². The van der Waals surface area contributed by atoms with Gasteiger partial charge >= 0.3 is 5.97 Å². The van der Waals surface area contributed by atoms with Crippen LogP contribution >= 0.6 is 0 Å². The quantitative estimate of drug-likeness (QED) is 0.738. The van der Waals surface area contributed by atoms with Gasteiger partial charge in [-0.15, -0.1) is 0 Å². The van der Waals surface area contributed by atoms with Crippen molar-refractivity contribution in [2.45, 2.75) is 63.5 Å². The molecular formula is C23H30N2O3. The molecule has 4 aliphatic rings. The van der Waals surface area contributed by atoms with E-state index in [0.29, 0.717) is 6.04 Å². The first-order valence-corrected chi connectivity index (χ1v) is 10.7. The van der Waals surface area contributed by atoms with Crippen molar-refractivity contribution in [3.8, 4) is 0 Å². The number of rotatable bonds is 2. The third-order valence-electron chi connectivity index (χ3n) is 8.39. The predicted molar refractivity (Wildman–Crippen MR) is 107 cm³/mol. The number of piperidine rings is 1. The number of amides is 1. The number of ether oxygens (including phenoxy) is 1. The lowest BCUT2D eigenvalue weighted by molar-refractivity contribution is -0.154. The van der Waals surface area contributed by atoms with Crippen molar-refractivity contribution in [1.29, 1.82) is 0 Å². The molecule has 1 amide bonds. The van der Waals surface area contributed by atoms with Crippen LogP contribution in [0.25, 0.3) is 0 Å². The summed E-state index contributed by atoms with van der Waals surface area (Å²) in [5, 5.41) is 0. The van der Waals surface area contributed by atoms with Gasteiger partial charge in [0.25, 0.3) is 0 Å². The maximum absolute atomic E-state index is 13.1. The second-order valence-electron chi connectivity index (χ2n) is 9.23. The molecule has 1 spiro atoms. The number of esters is 1. The first kappa shape index (κ1) is 18.2. The molecule has 0 radical (unpaired) electrons. The molecule has 1 aliphatic carbocycles. The van der Waals surface area contributed by atoms with Gasteiger partial charge in [0.2, 0.25) is 5.91 Å². The smallest absolute Gasteiger partial charge is 0.310 e. The van der Waals surface area contributed by atoms with Crippen LogP contribution in [0.3, 0.4) is 0 Å². The molecule has 0 bridgehead atoms. The third kappa shape index (κ3) is 2.01. The molecule has 5 nitrogen and oxygen atoms in total. The molecule has 5 atom stereocenters.